The van der Waals surface area contributed by atoms with E-state index in [1.165, 1.54) is 37.0 Å². The molecule has 0 bridgehead atoms. The summed E-state index contributed by atoms with van der Waals surface area (Å²) in [4.78, 5) is 10.1. The van der Waals surface area contributed by atoms with Gasteiger partial charge in [0.05, 0.1) is 4.92 Å². The summed E-state index contributed by atoms with van der Waals surface area (Å²) in [5.41, 5.74) is 0.132. The Morgan fingerprint density at radius 2 is 2.10 bits per heavy atom. The van der Waals surface area contributed by atoms with Crippen LogP contribution in [0.3, 0.4) is 0 Å². The Balaban J connectivity index is 3.30. The number of nitrogens with zero attached hydrogens (tertiary/aromatic N) is 2. The van der Waals surface area contributed by atoms with E-state index in [9.17, 15) is 18.5 Å². The zero-order valence-corrected chi connectivity index (χ0v) is 13.8. The van der Waals surface area contributed by atoms with Crippen LogP contribution in [-0.2, 0) is 10.0 Å². The molecular weight excluding hydrogens is 314 g/mol. The molecule has 0 saturated heterocycles. The highest BCUT2D eigenvalue weighted by Gasteiger charge is 2.29. The first-order valence-electron chi connectivity index (χ1n) is 6.32. The molecule has 21 heavy (non-hydrogen) atoms. The topological polar surface area (TPSA) is 92.5 Å². The van der Waals surface area contributed by atoms with Crippen LogP contribution in [-0.4, -0.2) is 49.8 Å². The van der Waals surface area contributed by atoms with Crippen molar-refractivity contribution in [3.8, 4) is 0 Å². The molecule has 1 rings (SSSR count). The van der Waals surface area contributed by atoms with E-state index in [4.69, 9.17) is 0 Å². The minimum Gasteiger partial charge on any atom is -0.385 e. The molecule has 0 aromatic heterocycles. The van der Waals surface area contributed by atoms with Crippen LogP contribution in [0.15, 0.2) is 23.1 Å². The van der Waals surface area contributed by atoms with Crippen LogP contribution in [0.2, 0.25) is 0 Å². The van der Waals surface area contributed by atoms with Crippen LogP contribution in [0.5, 0.6) is 0 Å². The van der Waals surface area contributed by atoms with Crippen molar-refractivity contribution in [2.75, 3.05) is 37.5 Å². The number of benzene rings is 1. The Hall–Kier alpha value is -1.32. The van der Waals surface area contributed by atoms with Gasteiger partial charge in [-0.3, -0.25) is 10.1 Å². The zero-order chi connectivity index (χ0) is 16.0. The largest absolute Gasteiger partial charge is 0.385 e. The predicted octanol–water partition coefficient (Wildman–Crippen LogP) is 2.01. The van der Waals surface area contributed by atoms with Gasteiger partial charge in [-0.15, -0.1) is 0 Å². The highest BCUT2D eigenvalue weighted by Crippen LogP contribution is 2.29. The van der Waals surface area contributed by atoms with E-state index in [-0.39, 0.29) is 4.90 Å². The summed E-state index contributed by atoms with van der Waals surface area (Å²) in [5, 5.41) is 14.0. The molecular formula is C12H19N3O4S2. The van der Waals surface area contributed by atoms with Gasteiger partial charge in [0.25, 0.3) is 5.69 Å². The van der Waals surface area contributed by atoms with Gasteiger partial charge >= 0.3 is 0 Å². The Morgan fingerprint density at radius 1 is 1.43 bits per heavy atom. The van der Waals surface area contributed by atoms with Gasteiger partial charge in [-0.25, -0.2) is 8.42 Å². The first-order chi connectivity index (χ1) is 9.84. The number of hydrogen-bond donors (Lipinski definition) is 1. The average Bonchev–Trinajstić information content (AvgIpc) is 2.44. The maximum absolute atomic E-state index is 12.5. The van der Waals surface area contributed by atoms with Crippen LogP contribution >= 0.6 is 11.8 Å². The van der Waals surface area contributed by atoms with Crippen molar-refractivity contribution in [2.45, 2.75) is 11.8 Å². The fourth-order valence-corrected chi connectivity index (χ4v) is 3.62. The number of sulfonamides is 1. The minimum absolute atomic E-state index is 0.283. The summed E-state index contributed by atoms with van der Waals surface area (Å²) in [5.74, 6) is 0.621. The number of nitrogens with one attached hydrogen (secondary N) is 1. The van der Waals surface area contributed by atoms with Gasteiger partial charge in [-0.1, -0.05) is 0 Å². The lowest BCUT2D eigenvalue weighted by Crippen LogP contribution is -2.29. The summed E-state index contributed by atoms with van der Waals surface area (Å²) in [6.07, 6.45) is 1.87. The van der Waals surface area contributed by atoms with Crippen molar-refractivity contribution >= 4 is 33.2 Å². The first-order valence-corrected chi connectivity index (χ1v) is 9.15. The van der Waals surface area contributed by atoms with Gasteiger partial charge in [-0.2, -0.15) is 16.1 Å². The summed E-state index contributed by atoms with van der Waals surface area (Å²) in [6, 6.07) is 4.03. The van der Waals surface area contributed by atoms with Crippen molar-refractivity contribution in [1.29, 1.82) is 0 Å². The lowest BCUT2D eigenvalue weighted by molar-refractivity contribution is -0.387. The highest BCUT2D eigenvalue weighted by atomic mass is 32.2. The Bertz CT molecular complexity index is 605. The fraction of sp³-hybridized carbons (Fsp3) is 0.500. The van der Waals surface area contributed by atoms with E-state index in [1.54, 1.807) is 0 Å². The van der Waals surface area contributed by atoms with E-state index < -0.39 is 20.6 Å². The molecule has 0 radical (unpaired) electrons. The number of rotatable bonds is 8. The molecule has 1 N–H and O–H groups in total. The normalized spacial score (nSPS) is 11.6. The molecule has 0 atom stereocenters. The lowest BCUT2D eigenvalue weighted by Gasteiger charge is -2.17. The third-order valence-electron chi connectivity index (χ3n) is 2.84. The molecule has 0 saturated carbocycles. The maximum Gasteiger partial charge on any atom is 0.289 e. The summed E-state index contributed by atoms with van der Waals surface area (Å²) < 4.78 is 26.1. The molecule has 7 nitrogen and oxygen atoms in total. The SMILES string of the molecule is CCNc1ccc([N+](=O)[O-])c(S(=O)(=O)N(C)CCSC)c1. The van der Waals surface area contributed by atoms with Gasteiger partial charge in [0.2, 0.25) is 10.0 Å². The number of nitro groups is 1. The lowest BCUT2D eigenvalue weighted by atomic mass is 10.3. The van der Waals surface area contributed by atoms with Gasteiger partial charge < -0.3 is 5.32 Å². The van der Waals surface area contributed by atoms with Gasteiger partial charge in [0.15, 0.2) is 4.90 Å². The second-order valence-electron chi connectivity index (χ2n) is 4.29. The third kappa shape index (κ3) is 4.32. The quantitative estimate of drug-likeness (QED) is 0.578. The summed E-state index contributed by atoms with van der Waals surface area (Å²) >= 11 is 1.51. The number of thioether (sulfide) groups is 1. The van der Waals surface area contributed by atoms with E-state index in [0.717, 1.165) is 4.31 Å². The molecule has 1 aromatic carbocycles. The fourth-order valence-electron chi connectivity index (χ4n) is 1.69. The van der Waals surface area contributed by atoms with Crippen molar-refractivity contribution in [3.63, 3.8) is 0 Å². The van der Waals surface area contributed by atoms with Crippen molar-refractivity contribution in [1.82, 2.24) is 4.31 Å². The van der Waals surface area contributed by atoms with Crippen LogP contribution in [0.1, 0.15) is 6.92 Å². The molecule has 0 aliphatic carbocycles. The van der Waals surface area contributed by atoms with E-state index in [2.05, 4.69) is 5.32 Å². The maximum atomic E-state index is 12.5. The zero-order valence-electron chi connectivity index (χ0n) is 12.2. The molecule has 0 heterocycles. The molecule has 0 amide bonds. The monoisotopic (exact) mass is 333 g/mol. The standard InChI is InChI=1S/C12H19N3O4S2/c1-4-13-10-5-6-11(15(16)17)12(9-10)21(18,19)14(2)7-8-20-3/h5-6,9,13H,4,7-8H2,1-3H3. The van der Waals surface area contributed by atoms with E-state index >= 15 is 0 Å². The minimum atomic E-state index is -3.89. The molecule has 0 spiro atoms. The van der Waals surface area contributed by atoms with Gasteiger partial charge in [0, 0.05) is 37.6 Å². The predicted molar refractivity (Wildman–Crippen MR) is 85.5 cm³/mol. The Labute approximate surface area is 128 Å². The molecule has 9 heteroatoms. The molecule has 0 unspecified atom stereocenters. The van der Waals surface area contributed by atoms with E-state index in [1.807, 2.05) is 13.2 Å². The third-order valence-corrected chi connectivity index (χ3v) is 5.31. The summed E-state index contributed by atoms with van der Waals surface area (Å²) in [6.45, 7) is 2.76. The average molecular weight is 333 g/mol. The molecule has 118 valence electrons. The van der Waals surface area contributed by atoms with Crippen molar-refractivity contribution < 1.29 is 13.3 Å². The Morgan fingerprint density at radius 3 is 2.62 bits per heavy atom. The van der Waals surface area contributed by atoms with Crippen LogP contribution in [0, 0.1) is 10.1 Å². The van der Waals surface area contributed by atoms with Gasteiger partial charge in [-0.05, 0) is 25.3 Å². The number of hydrogen-bond acceptors (Lipinski definition) is 6. The van der Waals surface area contributed by atoms with Crippen molar-refractivity contribution in [2.24, 2.45) is 0 Å². The number of nitro benzene ring substituents is 1. The van der Waals surface area contributed by atoms with Crippen LogP contribution < -0.4 is 5.32 Å². The van der Waals surface area contributed by atoms with Crippen LogP contribution in [0.25, 0.3) is 0 Å². The molecule has 1 aromatic rings. The second kappa shape index (κ2) is 7.62. The smallest absolute Gasteiger partial charge is 0.289 e. The van der Waals surface area contributed by atoms with Crippen LogP contribution in [0.4, 0.5) is 11.4 Å². The molecule has 0 fully saturated rings. The van der Waals surface area contributed by atoms with E-state index in [0.29, 0.717) is 24.5 Å². The first kappa shape index (κ1) is 17.7. The Kier molecular flexibility index (Phi) is 6.43. The number of anilines is 1. The van der Waals surface area contributed by atoms with Gasteiger partial charge in [0.1, 0.15) is 0 Å². The molecule has 0 aliphatic rings. The second-order valence-corrected chi connectivity index (χ2v) is 7.29. The molecule has 0 aliphatic heterocycles. The van der Waals surface area contributed by atoms with Crippen molar-refractivity contribution in [3.05, 3.63) is 28.3 Å². The summed E-state index contributed by atoms with van der Waals surface area (Å²) in [7, 11) is -2.46. The highest BCUT2D eigenvalue weighted by molar-refractivity contribution is 7.98.